The fourth-order valence-electron chi connectivity index (χ4n) is 7.20. The number of carbonyl (C=O) groups is 4. The Bertz CT molecular complexity index is 1670. The zero-order valence-corrected chi connectivity index (χ0v) is 28.9. The first-order valence-electron chi connectivity index (χ1n) is 17.5. The van der Waals surface area contributed by atoms with E-state index in [2.05, 4.69) is 15.4 Å². The number of hydrogen-bond donors (Lipinski definition) is 3. The number of amides is 4. The SMILES string of the molecule is O=C1N[C@]2(C(=O)NS(=O)(=O)C3CC3)C[C@H]2C=CCCCCC[C@H](NCCCC(F)(F)F)C(=O)N2C[C@H](OC(=O)N3Cc4cccc(F)c4C3)C[C@@H]12. The van der Waals surface area contributed by atoms with Crippen molar-refractivity contribution in [2.45, 2.75) is 119 Å². The lowest BCUT2D eigenvalue weighted by Gasteiger charge is -2.30. The van der Waals surface area contributed by atoms with Crippen LogP contribution in [0.2, 0.25) is 0 Å². The molecule has 2 saturated carbocycles. The van der Waals surface area contributed by atoms with E-state index < -0.39 is 87.1 Å². The molecule has 3 aliphatic heterocycles. The van der Waals surface area contributed by atoms with Crippen molar-refractivity contribution in [2.75, 3.05) is 13.1 Å². The van der Waals surface area contributed by atoms with Gasteiger partial charge in [0.25, 0.3) is 5.91 Å². The van der Waals surface area contributed by atoms with E-state index in [1.807, 2.05) is 6.08 Å². The van der Waals surface area contributed by atoms with Gasteiger partial charge >= 0.3 is 12.3 Å². The molecule has 12 nitrogen and oxygen atoms in total. The summed E-state index contributed by atoms with van der Waals surface area (Å²) < 4.78 is 86.2. The van der Waals surface area contributed by atoms with Gasteiger partial charge in [0.2, 0.25) is 21.8 Å². The number of hydrogen-bond acceptors (Lipinski definition) is 8. The predicted octanol–water partition coefficient (Wildman–Crippen LogP) is 3.55. The minimum Gasteiger partial charge on any atom is -0.444 e. The monoisotopic (exact) mass is 741 g/mol. The molecule has 6 rings (SSSR count). The van der Waals surface area contributed by atoms with Crippen molar-refractivity contribution in [1.82, 2.24) is 25.2 Å². The third kappa shape index (κ3) is 8.67. The van der Waals surface area contributed by atoms with Crippen LogP contribution in [0, 0.1) is 11.7 Å². The lowest BCUT2D eigenvalue weighted by Crippen LogP contribution is -2.58. The first kappa shape index (κ1) is 37.0. The molecule has 4 amide bonds. The maximum absolute atomic E-state index is 14.4. The van der Waals surface area contributed by atoms with Crippen molar-refractivity contribution >= 4 is 33.8 Å². The van der Waals surface area contributed by atoms with E-state index in [1.165, 1.54) is 21.9 Å². The number of fused-ring (bicyclic) bond motifs is 3. The molecule has 0 spiro atoms. The number of rotatable bonds is 8. The molecule has 2 aliphatic carbocycles. The topological polar surface area (TPSA) is 154 Å². The number of carbonyl (C=O) groups excluding carboxylic acids is 4. The summed E-state index contributed by atoms with van der Waals surface area (Å²) >= 11 is 0. The Labute approximate surface area is 293 Å². The van der Waals surface area contributed by atoms with Crippen LogP contribution >= 0.6 is 0 Å². The molecule has 3 N–H and O–H groups in total. The molecular weight excluding hydrogens is 698 g/mol. The highest BCUT2D eigenvalue weighted by atomic mass is 32.2. The van der Waals surface area contributed by atoms with Crippen molar-refractivity contribution in [3.05, 3.63) is 47.3 Å². The van der Waals surface area contributed by atoms with E-state index in [-0.39, 0.29) is 51.9 Å². The van der Waals surface area contributed by atoms with Gasteiger partial charge in [0, 0.05) is 30.9 Å². The second kappa shape index (κ2) is 14.7. The van der Waals surface area contributed by atoms with E-state index in [9.17, 15) is 45.2 Å². The minimum atomic E-state index is -4.36. The van der Waals surface area contributed by atoms with Gasteiger partial charge in [0.1, 0.15) is 23.5 Å². The Morgan fingerprint density at radius 2 is 1.86 bits per heavy atom. The van der Waals surface area contributed by atoms with Gasteiger partial charge < -0.3 is 20.3 Å². The van der Waals surface area contributed by atoms with Crippen molar-refractivity contribution < 1.29 is 49.9 Å². The molecule has 0 unspecified atom stereocenters. The van der Waals surface area contributed by atoms with E-state index in [0.717, 1.165) is 6.42 Å². The highest BCUT2D eigenvalue weighted by Gasteiger charge is 2.62. The van der Waals surface area contributed by atoms with Crippen LogP contribution in [0.15, 0.2) is 30.4 Å². The summed E-state index contributed by atoms with van der Waals surface area (Å²) in [5, 5.41) is 5.01. The summed E-state index contributed by atoms with van der Waals surface area (Å²) in [5.41, 5.74) is -0.594. The van der Waals surface area contributed by atoms with Gasteiger partial charge in [-0.2, -0.15) is 13.2 Å². The van der Waals surface area contributed by atoms with E-state index in [0.29, 0.717) is 43.2 Å². The van der Waals surface area contributed by atoms with Crippen LogP contribution in [-0.4, -0.2) is 90.3 Å². The molecule has 0 bridgehead atoms. The van der Waals surface area contributed by atoms with Gasteiger partial charge in [0.15, 0.2) is 0 Å². The fourth-order valence-corrected chi connectivity index (χ4v) is 8.56. The van der Waals surface area contributed by atoms with Gasteiger partial charge in [-0.05, 0) is 63.1 Å². The number of allylic oxidation sites excluding steroid dienone is 1. The summed E-state index contributed by atoms with van der Waals surface area (Å²) in [5.74, 6) is -3.14. The van der Waals surface area contributed by atoms with Crippen LogP contribution < -0.4 is 15.4 Å². The van der Waals surface area contributed by atoms with Gasteiger partial charge in [-0.1, -0.05) is 37.1 Å². The van der Waals surface area contributed by atoms with Crippen LogP contribution in [0.25, 0.3) is 0 Å². The molecule has 1 aromatic rings. The number of alkyl halides is 3. The molecule has 5 aliphatic rings. The minimum absolute atomic E-state index is 0.0274. The molecule has 3 heterocycles. The Morgan fingerprint density at radius 3 is 2.59 bits per heavy atom. The quantitative estimate of drug-likeness (QED) is 0.208. The van der Waals surface area contributed by atoms with E-state index >= 15 is 0 Å². The zero-order chi connectivity index (χ0) is 36.6. The van der Waals surface area contributed by atoms with Gasteiger partial charge in [-0.25, -0.2) is 17.6 Å². The third-order valence-electron chi connectivity index (χ3n) is 10.3. The van der Waals surface area contributed by atoms with Crippen molar-refractivity contribution in [2.24, 2.45) is 5.92 Å². The van der Waals surface area contributed by atoms with E-state index in [1.54, 1.807) is 12.1 Å². The number of nitrogens with one attached hydrogen (secondary N) is 3. The lowest BCUT2D eigenvalue weighted by atomic mass is 10.0. The standard InChI is InChI=1S/C34H43F4N5O7S/c35-26-10-6-8-21-18-42(20-25(21)26)32(47)50-23-16-28-29(44)40-33(31(46)41-51(48,49)24-12-13-24)17-22(33)9-4-2-1-3-5-11-27(30(45)43(28)19-23)39-15-7-14-34(36,37)38/h4,6,8-10,22-24,27-28,39H,1-3,5,7,11-20H2,(H,40,44)(H,41,46)/t22-,23-,27+,28+,33-/m1/s1. The number of halogens is 4. The summed E-state index contributed by atoms with van der Waals surface area (Å²) in [6, 6.07) is 2.35. The van der Waals surface area contributed by atoms with Crippen LogP contribution in [0.5, 0.6) is 0 Å². The number of benzene rings is 1. The molecule has 0 radical (unpaired) electrons. The highest BCUT2D eigenvalue weighted by molar-refractivity contribution is 7.91. The van der Waals surface area contributed by atoms with Crippen molar-refractivity contribution in [1.29, 1.82) is 0 Å². The average Bonchev–Trinajstić information content (AvgIpc) is 3.94. The van der Waals surface area contributed by atoms with Crippen LogP contribution in [0.1, 0.15) is 81.8 Å². The Balaban J connectivity index is 1.22. The largest absolute Gasteiger partial charge is 0.444 e. The van der Waals surface area contributed by atoms with Crippen LogP contribution in [0.4, 0.5) is 22.4 Å². The smallest absolute Gasteiger partial charge is 0.410 e. The van der Waals surface area contributed by atoms with Gasteiger partial charge in [-0.15, -0.1) is 0 Å². The Kier molecular flexibility index (Phi) is 10.7. The lowest BCUT2D eigenvalue weighted by molar-refractivity contribution is -0.141. The summed E-state index contributed by atoms with van der Waals surface area (Å²) in [6.07, 6.45) is -0.000385. The summed E-state index contributed by atoms with van der Waals surface area (Å²) in [6.45, 7) is -0.239. The molecule has 3 fully saturated rings. The second-order valence-corrected chi connectivity index (χ2v) is 16.2. The fraction of sp³-hybridized carbons (Fsp3) is 0.647. The third-order valence-corrected chi connectivity index (χ3v) is 12.1. The maximum Gasteiger partial charge on any atom is 0.410 e. The second-order valence-electron chi connectivity index (χ2n) is 14.2. The number of nitrogens with zero attached hydrogens (tertiary/aromatic N) is 2. The molecule has 0 aromatic heterocycles. The van der Waals surface area contributed by atoms with Crippen LogP contribution in [-0.2, 0) is 42.2 Å². The predicted molar refractivity (Wildman–Crippen MR) is 174 cm³/mol. The molecule has 5 atom stereocenters. The zero-order valence-electron chi connectivity index (χ0n) is 28.1. The molecule has 17 heteroatoms. The van der Waals surface area contributed by atoms with E-state index in [4.69, 9.17) is 4.74 Å². The van der Waals surface area contributed by atoms with Gasteiger partial charge in [0.05, 0.1) is 24.4 Å². The number of sulfonamides is 1. The van der Waals surface area contributed by atoms with Crippen molar-refractivity contribution in [3.8, 4) is 0 Å². The molecular formula is C34H43F4N5O7S. The molecule has 51 heavy (non-hydrogen) atoms. The van der Waals surface area contributed by atoms with Gasteiger partial charge in [-0.3, -0.25) is 24.0 Å². The Hall–Kier alpha value is -3.73. The Morgan fingerprint density at radius 1 is 1.08 bits per heavy atom. The first-order valence-corrected chi connectivity index (χ1v) is 19.1. The summed E-state index contributed by atoms with van der Waals surface area (Å²) in [7, 11) is -3.94. The normalized spacial score (nSPS) is 28.5. The first-order chi connectivity index (χ1) is 24.2. The van der Waals surface area contributed by atoms with Crippen molar-refractivity contribution in [3.63, 3.8) is 0 Å². The van der Waals surface area contributed by atoms with Crippen LogP contribution in [0.3, 0.4) is 0 Å². The summed E-state index contributed by atoms with van der Waals surface area (Å²) in [4.78, 5) is 57.6. The highest BCUT2D eigenvalue weighted by Crippen LogP contribution is 2.46. The average molecular weight is 742 g/mol. The molecule has 1 saturated heterocycles. The maximum atomic E-state index is 14.4. The number of ether oxygens (including phenoxy) is 1. The molecule has 1 aromatic carbocycles. The molecule has 280 valence electrons.